The molecule has 1 aliphatic rings. The molecular weight excluding hydrogens is 336 g/mol. The molecule has 0 radical (unpaired) electrons. The van der Waals surface area contributed by atoms with Crippen LogP contribution in [0.3, 0.4) is 0 Å². The van der Waals surface area contributed by atoms with Gasteiger partial charge in [0.1, 0.15) is 0 Å². The maximum absolute atomic E-state index is 11.7. The van der Waals surface area contributed by atoms with Gasteiger partial charge in [0.15, 0.2) is 0 Å². The Kier molecular flexibility index (Phi) is 3.41. The molecule has 1 saturated carbocycles. The summed E-state index contributed by atoms with van der Waals surface area (Å²) in [6.07, 6.45) is 5.79. The van der Waals surface area contributed by atoms with Crippen molar-refractivity contribution in [2.45, 2.75) is 37.8 Å². The van der Waals surface area contributed by atoms with Crippen molar-refractivity contribution in [3.8, 4) is 0 Å². The molecule has 2 unspecified atom stereocenters. The second-order valence-corrected chi connectivity index (χ2v) is 6.65. The van der Waals surface area contributed by atoms with Crippen LogP contribution in [0.5, 0.6) is 0 Å². The first-order valence-corrected chi connectivity index (χ1v) is 7.63. The van der Waals surface area contributed by atoms with Crippen LogP contribution in [0.1, 0.15) is 36.5 Å². The number of carbonyl (C=O) groups is 1. The summed E-state index contributed by atoms with van der Waals surface area (Å²) in [5.41, 5.74) is 6.36. The van der Waals surface area contributed by atoms with Gasteiger partial charge in [0.25, 0.3) is 5.91 Å². The second kappa shape index (κ2) is 4.99. The molecule has 0 aromatic carbocycles. The lowest BCUT2D eigenvalue weighted by atomic mass is 10.00. The van der Waals surface area contributed by atoms with Crippen LogP contribution >= 0.6 is 15.9 Å². The fourth-order valence-electron chi connectivity index (χ4n) is 2.91. The van der Waals surface area contributed by atoms with Gasteiger partial charge in [-0.2, -0.15) is 5.10 Å². The lowest BCUT2D eigenvalue weighted by Crippen LogP contribution is -2.40. The first-order valence-electron chi connectivity index (χ1n) is 6.84. The van der Waals surface area contributed by atoms with Crippen molar-refractivity contribution < 1.29 is 9.90 Å². The second-order valence-electron chi connectivity index (χ2n) is 5.73. The van der Waals surface area contributed by atoms with E-state index in [0.29, 0.717) is 11.3 Å². The van der Waals surface area contributed by atoms with E-state index >= 15 is 0 Å². The first-order chi connectivity index (χ1) is 9.88. The number of amides is 1. The molecule has 0 spiro atoms. The lowest BCUT2D eigenvalue weighted by Gasteiger charge is -2.28. The molecule has 0 aliphatic heterocycles. The van der Waals surface area contributed by atoms with Gasteiger partial charge in [-0.1, -0.05) is 0 Å². The third-order valence-corrected chi connectivity index (χ3v) is 4.55. The molecule has 112 valence electrons. The highest BCUT2D eigenvalue weighted by molar-refractivity contribution is 9.10. The highest BCUT2D eigenvalue weighted by atomic mass is 79.9. The standard InChI is InChI=1S/C14H17BrN4O2/c1-14(21)4-2-3-11(14)18-12-9(13(16)20)6-17-19-7-8(15)5-10(12)19/h5-7,11,18,21H,2-4H2,1H3,(H2,16,20). The molecule has 7 heteroatoms. The van der Waals surface area contributed by atoms with Crippen LogP contribution in [0.2, 0.25) is 0 Å². The van der Waals surface area contributed by atoms with E-state index in [2.05, 4.69) is 26.3 Å². The van der Waals surface area contributed by atoms with Crippen LogP contribution in [-0.4, -0.2) is 32.3 Å². The number of anilines is 1. The fraction of sp³-hybridized carbons (Fsp3) is 0.429. The highest BCUT2D eigenvalue weighted by Crippen LogP contribution is 2.34. The zero-order chi connectivity index (χ0) is 15.2. The molecule has 0 bridgehead atoms. The molecule has 1 fully saturated rings. The molecule has 3 rings (SSSR count). The predicted molar refractivity (Wildman–Crippen MR) is 83.3 cm³/mol. The van der Waals surface area contributed by atoms with E-state index in [1.165, 1.54) is 6.20 Å². The number of hydrogen-bond acceptors (Lipinski definition) is 4. The average molecular weight is 353 g/mol. The quantitative estimate of drug-likeness (QED) is 0.786. The summed E-state index contributed by atoms with van der Waals surface area (Å²) in [4.78, 5) is 11.7. The minimum Gasteiger partial charge on any atom is -0.388 e. The number of nitrogens with zero attached hydrogens (tertiary/aromatic N) is 2. The summed E-state index contributed by atoms with van der Waals surface area (Å²) in [5.74, 6) is -0.539. The molecule has 21 heavy (non-hydrogen) atoms. The number of aliphatic hydroxyl groups is 1. The Morgan fingerprint density at radius 1 is 1.67 bits per heavy atom. The maximum Gasteiger partial charge on any atom is 0.252 e. The molecule has 0 saturated heterocycles. The van der Waals surface area contributed by atoms with Gasteiger partial charge >= 0.3 is 0 Å². The van der Waals surface area contributed by atoms with Crippen LogP contribution in [-0.2, 0) is 0 Å². The molecule has 6 nitrogen and oxygen atoms in total. The van der Waals surface area contributed by atoms with Crippen LogP contribution < -0.4 is 11.1 Å². The Hall–Kier alpha value is -1.60. The van der Waals surface area contributed by atoms with Crippen LogP contribution in [0.25, 0.3) is 5.52 Å². The van der Waals surface area contributed by atoms with Gasteiger partial charge in [-0.25, -0.2) is 4.52 Å². The molecule has 2 heterocycles. The van der Waals surface area contributed by atoms with E-state index in [-0.39, 0.29) is 6.04 Å². The molecule has 2 aromatic rings. The number of hydrogen-bond donors (Lipinski definition) is 3. The molecule has 2 atom stereocenters. The Morgan fingerprint density at radius 2 is 2.43 bits per heavy atom. The van der Waals surface area contributed by atoms with Gasteiger partial charge in [0.2, 0.25) is 0 Å². The predicted octanol–water partition coefficient (Wildman–Crippen LogP) is 1.91. The summed E-state index contributed by atoms with van der Waals surface area (Å²) >= 11 is 3.40. The molecule has 4 N–H and O–H groups in total. The smallest absolute Gasteiger partial charge is 0.252 e. The number of primary amides is 1. The topological polar surface area (TPSA) is 92.6 Å². The van der Waals surface area contributed by atoms with Gasteiger partial charge in [-0.3, -0.25) is 4.79 Å². The number of rotatable bonds is 3. The minimum atomic E-state index is -0.793. The van der Waals surface area contributed by atoms with E-state index < -0.39 is 11.5 Å². The number of aromatic nitrogens is 2. The molecular formula is C14H17BrN4O2. The zero-order valence-corrected chi connectivity index (χ0v) is 13.2. The van der Waals surface area contributed by atoms with Crippen molar-refractivity contribution >= 4 is 33.0 Å². The van der Waals surface area contributed by atoms with Crippen molar-refractivity contribution in [2.24, 2.45) is 5.73 Å². The number of nitrogens with one attached hydrogen (secondary N) is 1. The largest absolute Gasteiger partial charge is 0.388 e. The van der Waals surface area contributed by atoms with Gasteiger partial charge < -0.3 is 16.2 Å². The van der Waals surface area contributed by atoms with E-state index in [4.69, 9.17) is 5.73 Å². The van der Waals surface area contributed by atoms with E-state index in [9.17, 15) is 9.90 Å². The Balaban J connectivity index is 2.10. The van der Waals surface area contributed by atoms with Gasteiger partial charge in [-0.15, -0.1) is 0 Å². The van der Waals surface area contributed by atoms with Crippen molar-refractivity contribution in [1.82, 2.24) is 9.61 Å². The van der Waals surface area contributed by atoms with Crippen LogP contribution in [0, 0.1) is 0 Å². The normalized spacial score (nSPS) is 25.4. The van der Waals surface area contributed by atoms with Crippen molar-refractivity contribution in [2.75, 3.05) is 5.32 Å². The summed E-state index contributed by atoms with van der Waals surface area (Å²) in [7, 11) is 0. The van der Waals surface area contributed by atoms with E-state index in [1.807, 2.05) is 13.0 Å². The average Bonchev–Trinajstić information content (AvgIpc) is 2.92. The Morgan fingerprint density at radius 3 is 3.05 bits per heavy atom. The third-order valence-electron chi connectivity index (χ3n) is 4.11. The van der Waals surface area contributed by atoms with Crippen molar-refractivity contribution in [3.05, 3.63) is 28.5 Å². The monoisotopic (exact) mass is 352 g/mol. The van der Waals surface area contributed by atoms with Crippen molar-refractivity contribution in [3.63, 3.8) is 0 Å². The summed E-state index contributed by atoms with van der Waals surface area (Å²) in [6, 6.07) is 1.75. The van der Waals surface area contributed by atoms with Gasteiger partial charge in [-0.05, 0) is 48.2 Å². The Bertz CT molecular complexity index is 710. The third kappa shape index (κ3) is 2.51. The molecule has 2 aromatic heterocycles. The fourth-order valence-corrected chi connectivity index (χ4v) is 3.33. The number of fused-ring (bicyclic) bond motifs is 1. The van der Waals surface area contributed by atoms with Gasteiger partial charge in [0.05, 0.1) is 34.6 Å². The van der Waals surface area contributed by atoms with Gasteiger partial charge in [0, 0.05) is 10.7 Å². The SMILES string of the molecule is CC1(O)CCCC1Nc1c(C(N)=O)cnn2cc(Br)cc12. The maximum atomic E-state index is 11.7. The lowest BCUT2D eigenvalue weighted by molar-refractivity contribution is 0.0578. The Labute approximate surface area is 130 Å². The number of carbonyl (C=O) groups excluding carboxylic acids is 1. The van der Waals surface area contributed by atoms with Crippen LogP contribution in [0.15, 0.2) is 22.9 Å². The molecule has 1 amide bonds. The molecule has 1 aliphatic carbocycles. The highest BCUT2D eigenvalue weighted by Gasteiger charge is 2.37. The number of nitrogens with two attached hydrogens (primary N) is 1. The first kappa shape index (κ1) is 14.3. The summed E-state index contributed by atoms with van der Waals surface area (Å²) in [5, 5.41) is 17.9. The zero-order valence-electron chi connectivity index (χ0n) is 11.6. The van der Waals surface area contributed by atoms with E-state index in [1.54, 1.807) is 10.7 Å². The number of halogens is 1. The summed E-state index contributed by atoms with van der Waals surface area (Å²) < 4.78 is 2.53. The van der Waals surface area contributed by atoms with Crippen LogP contribution in [0.4, 0.5) is 5.69 Å². The summed E-state index contributed by atoms with van der Waals surface area (Å²) in [6.45, 7) is 1.81. The van der Waals surface area contributed by atoms with E-state index in [0.717, 1.165) is 29.3 Å². The minimum absolute atomic E-state index is 0.115. The van der Waals surface area contributed by atoms with Crippen molar-refractivity contribution in [1.29, 1.82) is 0 Å².